The molecule has 1 unspecified atom stereocenters. The van der Waals surface area contributed by atoms with Gasteiger partial charge in [0.05, 0.1) is 13.2 Å². The molecule has 0 radical (unpaired) electrons. The summed E-state index contributed by atoms with van der Waals surface area (Å²) in [6.45, 7) is 3.73. The van der Waals surface area contributed by atoms with Gasteiger partial charge in [0.15, 0.2) is 11.6 Å². The van der Waals surface area contributed by atoms with E-state index < -0.39 is 11.6 Å². The quantitative estimate of drug-likeness (QED) is 0.881. The van der Waals surface area contributed by atoms with Gasteiger partial charge in [0.1, 0.15) is 0 Å². The van der Waals surface area contributed by atoms with Crippen LogP contribution in [-0.2, 0) is 11.3 Å². The second-order valence-electron chi connectivity index (χ2n) is 4.67. The number of ether oxygens (including phenoxy) is 1. The molecule has 1 heterocycles. The Morgan fingerprint density at radius 1 is 1.39 bits per heavy atom. The Hall–Kier alpha value is -1.04. The third kappa shape index (κ3) is 3.73. The monoisotopic (exact) mass is 256 g/mol. The van der Waals surface area contributed by atoms with E-state index in [4.69, 9.17) is 4.74 Å². The Morgan fingerprint density at radius 2 is 2.22 bits per heavy atom. The third-order valence-electron chi connectivity index (χ3n) is 2.97. The van der Waals surface area contributed by atoms with Crippen molar-refractivity contribution in [2.45, 2.75) is 12.6 Å². The lowest BCUT2D eigenvalue weighted by Crippen LogP contribution is -2.47. The van der Waals surface area contributed by atoms with Gasteiger partial charge in [-0.2, -0.15) is 0 Å². The second-order valence-corrected chi connectivity index (χ2v) is 4.67. The van der Waals surface area contributed by atoms with E-state index in [1.807, 2.05) is 7.05 Å². The van der Waals surface area contributed by atoms with Gasteiger partial charge in [0, 0.05) is 25.7 Å². The van der Waals surface area contributed by atoms with Crippen molar-refractivity contribution in [1.29, 1.82) is 0 Å². The van der Waals surface area contributed by atoms with Crippen LogP contribution < -0.4 is 5.32 Å². The summed E-state index contributed by atoms with van der Waals surface area (Å²) in [7, 11) is 1.96. The van der Waals surface area contributed by atoms with E-state index in [-0.39, 0.29) is 0 Å². The van der Waals surface area contributed by atoms with Crippen molar-refractivity contribution in [2.24, 2.45) is 0 Å². The molecule has 0 amide bonds. The fourth-order valence-corrected chi connectivity index (χ4v) is 2.13. The predicted molar refractivity (Wildman–Crippen MR) is 65.3 cm³/mol. The number of nitrogens with one attached hydrogen (secondary N) is 1. The number of morpholine rings is 1. The van der Waals surface area contributed by atoms with Crippen molar-refractivity contribution in [3.63, 3.8) is 0 Å². The number of likely N-dealkylation sites (N-methyl/N-ethyl adjacent to an activating group) is 1. The first-order valence-corrected chi connectivity index (χ1v) is 6.09. The average Bonchev–Trinajstić information content (AvgIpc) is 2.35. The van der Waals surface area contributed by atoms with Crippen LogP contribution >= 0.6 is 0 Å². The van der Waals surface area contributed by atoms with Crippen molar-refractivity contribution in [3.8, 4) is 0 Å². The number of benzene rings is 1. The number of rotatable bonds is 4. The van der Waals surface area contributed by atoms with E-state index in [0.717, 1.165) is 25.3 Å². The zero-order valence-corrected chi connectivity index (χ0v) is 10.5. The predicted octanol–water partition coefficient (Wildman–Crippen LogP) is 1.39. The van der Waals surface area contributed by atoms with Crippen molar-refractivity contribution in [2.75, 3.05) is 33.4 Å². The summed E-state index contributed by atoms with van der Waals surface area (Å²) < 4.78 is 31.2. The van der Waals surface area contributed by atoms with Gasteiger partial charge in [-0.05, 0) is 24.7 Å². The zero-order chi connectivity index (χ0) is 13.0. The van der Waals surface area contributed by atoms with Crippen LogP contribution in [0, 0.1) is 11.6 Å². The first-order valence-electron chi connectivity index (χ1n) is 6.09. The first-order chi connectivity index (χ1) is 8.65. The molecule has 1 aliphatic rings. The molecule has 2 rings (SSSR count). The minimum Gasteiger partial charge on any atom is -0.378 e. The molecule has 0 spiro atoms. The molecular formula is C13H18F2N2O. The Bertz CT molecular complexity index is 395. The lowest BCUT2D eigenvalue weighted by molar-refractivity contribution is 0.0645. The topological polar surface area (TPSA) is 24.5 Å². The van der Waals surface area contributed by atoms with Crippen molar-refractivity contribution in [3.05, 3.63) is 35.4 Å². The van der Waals surface area contributed by atoms with E-state index in [2.05, 4.69) is 10.2 Å². The van der Waals surface area contributed by atoms with Crippen LogP contribution in [0.2, 0.25) is 0 Å². The number of hydrogen-bond acceptors (Lipinski definition) is 3. The fraction of sp³-hybridized carbons (Fsp3) is 0.538. The maximum absolute atomic E-state index is 13.1. The standard InChI is InChI=1S/C13H18F2N2O/c1-17(8-11-9-18-5-4-16-11)7-10-2-3-12(14)13(15)6-10/h2-3,6,11,16H,4-5,7-9H2,1H3. The van der Waals surface area contributed by atoms with E-state index in [9.17, 15) is 8.78 Å². The highest BCUT2D eigenvalue weighted by Crippen LogP contribution is 2.10. The lowest BCUT2D eigenvalue weighted by Gasteiger charge is -2.28. The van der Waals surface area contributed by atoms with Gasteiger partial charge in [0.25, 0.3) is 0 Å². The number of halogens is 2. The summed E-state index contributed by atoms with van der Waals surface area (Å²) in [4.78, 5) is 2.07. The molecule has 1 aromatic carbocycles. The maximum Gasteiger partial charge on any atom is 0.159 e. The molecule has 1 N–H and O–H groups in total. The Kier molecular flexibility index (Phi) is 4.63. The summed E-state index contributed by atoms with van der Waals surface area (Å²) in [5.41, 5.74) is 0.771. The molecule has 1 aromatic rings. The molecule has 5 heteroatoms. The summed E-state index contributed by atoms with van der Waals surface area (Å²) in [6, 6.07) is 4.32. The van der Waals surface area contributed by atoms with Gasteiger partial charge in [-0.3, -0.25) is 0 Å². The van der Waals surface area contributed by atoms with Gasteiger partial charge < -0.3 is 15.0 Å². The lowest BCUT2D eigenvalue weighted by atomic mass is 10.2. The van der Waals surface area contributed by atoms with Gasteiger partial charge in [-0.1, -0.05) is 6.07 Å². The molecular weight excluding hydrogens is 238 g/mol. The van der Waals surface area contributed by atoms with Crippen LogP contribution in [0.4, 0.5) is 8.78 Å². The second kappa shape index (κ2) is 6.22. The summed E-state index contributed by atoms with van der Waals surface area (Å²) >= 11 is 0. The molecule has 18 heavy (non-hydrogen) atoms. The smallest absolute Gasteiger partial charge is 0.159 e. The van der Waals surface area contributed by atoms with Crippen molar-refractivity contribution in [1.82, 2.24) is 10.2 Å². The summed E-state index contributed by atoms with van der Waals surface area (Å²) in [5.74, 6) is -1.59. The number of hydrogen-bond donors (Lipinski definition) is 1. The van der Waals surface area contributed by atoms with Gasteiger partial charge in [-0.25, -0.2) is 8.78 Å². The van der Waals surface area contributed by atoms with Crippen LogP contribution in [-0.4, -0.2) is 44.3 Å². The van der Waals surface area contributed by atoms with Crippen LogP contribution in [0.5, 0.6) is 0 Å². The SMILES string of the molecule is CN(Cc1ccc(F)c(F)c1)CC1COCCN1. The largest absolute Gasteiger partial charge is 0.378 e. The Balaban J connectivity index is 1.85. The Morgan fingerprint density at radius 3 is 2.89 bits per heavy atom. The first kappa shape index (κ1) is 13.4. The molecule has 1 saturated heterocycles. The van der Waals surface area contributed by atoms with Gasteiger partial charge in [0.2, 0.25) is 0 Å². The van der Waals surface area contributed by atoms with E-state index in [1.165, 1.54) is 12.1 Å². The third-order valence-corrected chi connectivity index (χ3v) is 2.97. The van der Waals surface area contributed by atoms with E-state index in [1.54, 1.807) is 6.07 Å². The normalized spacial score (nSPS) is 20.3. The van der Waals surface area contributed by atoms with Crippen LogP contribution in [0.15, 0.2) is 18.2 Å². The minimum atomic E-state index is -0.802. The molecule has 1 atom stereocenters. The van der Waals surface area contributed by atoms with E-state index in [0.29, 0.717) is 19.2 Å². The summed E-state index contributed by atoms with van der Waals surface area (Å²) in [5, 5.41) is 3.36. The van der Waals surface area contributed by atoms with Gasteiger partial charge in [-0.15, -0.1) is 0 Å². The molecule has 0 saturated carbocycles. The molecule has 3 nitrogen and oxygen atoms in total. The van der Waals surface area contributed by atoms with E-state index >= 15 is 0 Å². The molecule has 0 aromatic heterocycles. The minimum absolute atomic E-state index is 0.300. The number of nitrogens with zero attached hydrogens (tertiary/aromatic N) is 1. The molecule has 0 aliphatic carbocycles. The zero-order valence-electron chi connectivity index (χ0n) is 10.5. The molecule has 0 bridgehead atoms. The molecule has 1 fully saturated rings. The van der Waals surface area contributed by atoms with Crippen LogP contribution in [0.1, 0.15) is 5.56 Å². The molecule has 100 valence electrons. The highest BCUT2D eigenvalue weighted by Gasteiger charge is 2.15. The van der Waals surface area contributed by atoms with Gasteiger partial charge >= 0.3 is 0 Å². The average molecular weight is 256 g/mol. The molecule has 1 aliphatic heterocycles. The van der Waals surface area contributed by atoms with Crippen molar-refractivity contribution < 1.29 is 13.5 Å². The highest BCUT2D eigenvalue weighted by atomic mass is 19.2. The maximum atomic E-state index is 13.1. The Labute approximate surface area is 106 Å². The van der Waals surface area contributed by atoms with Crippen LogP contribution in [0.25, 0.3) is 0 Å². The fourth-order valence-electron chi connectivity index (χ4n) is 2.13. The van der Waals surface area contributed by atoms with Crippen LogP contribution in [0.3, 0.4) is 0 Å². The summed E-state index contributed by atoms with van der Waals surface area (Å²) in [6.07, 6.45) is 0. The van der Waals surface area contributed by atoms with Crippen molar-refractivity contribution >= 4 is 0 Å². The highest BCUT2D eigenvalue weighted by molar-refractivity contribution is 5.17.